The van der Waals surface area contributed by atoms with E-state index in [0.29, 0.717) is 22.8 Å². The van der Waals surface area contributed by atoms with Crippen molar-refractivity contribution in [3.05, 3.63) is 77.3 Å². The van der Waals surface area contributed by atoms with Crippen molar-refractivity contribution in [3.8, 4) is 5.75 Å². The Labute approximate surface area is 152 Å². The van der Waals surface area contributed by atoms with Gasteiger partial charge in [-0.05, 0) is 74.0 Å². The van der Waals surface area contributed by atoms with Crippen LogP contribution in [0.15, 0.2) is 70.8 Å². The second-order valence-corrected chi connectivity index (χ2v) is 7.54. The van der Waals surface area contributed by atoms with Crippen LogP contribution in [-0.4, -0.2) is 20.0 Å². The first-order valence-electron chi connectivity index (χ1n) is 7.85. The number of sulfonamides is 1. The quantitative estimate of drug-likeness (QED) is 0.807. The van der Waals surface area contributed by atoms with E-state index in [1.165, 1.54) is 12.1 Å². The summed E-state index contributed by atoms with van der Waals surface area (Å²) in [5.41, 5.74) is 1.89. The molecule has 0 unspecified atom stereocenters. The summed E-state index contributed by atoms with van der Waals surface area (Å²) in [6.07, 6.45) is 1.77. The first-order valence-corrected chi connectivity index (χ1v) is 9.29. The Kier molecular flexibility index (Phi) is 4.73. The summed E-state index contributed by atoms with van der Waals surface area (Å²) in [6, 6.07) is 11.7. The zero-order chi connectivity index (χ0) is 18.9. The molecule has 1 aliphatic heterocycles. The molecule has 0 bridgehead atoms. The van der Waals surface area contributed by atoms with Gasteiger partial charge >= 0.3 is 0 Å². The van der Waals surface area contributed by atoms with Gasteiger partial charge < -0.3 is 9.57 Å². The van der Waals surface area contributed by atoms with E-state index in [4.69, 9.17) is 9.57 Å². The monoisotopic (exact) mass is 375 g/mol. The third-order valence-corrected chi connectivity index (χ3v) is 5.73. The summed E-state index contributed by atoms with van der Waals surface area (Å²) < 4.78 is 45.0. The number of allylic oxidation sites excluding steroid dienone is 3. The van der Waals surface area contributed by atoms with E-state index in [1.54, 1.807) is 51.3 Å². The minimum absolute atomic E-state index is 0.0537. The number of hydrogen-bond donors (Lipinski definition) is 0. The largest absolute Gasteiger partial charge is 0.497 e. The van der Waals surface area contributed by atoms with Crippen molar-refractivity contribution in [2.75, 3.05) is 7.11 Å². The summed E-state index contributed by atoms with van der Waals surface area (Å²) in [7, 11) is -2.43. The van der Waals surface area contributed by atoms with Gasteiger partial charge in [0.1, 0.15) is 11.6 Å². The van der Waals surface area contributed by atoms with Crippen LogP contribution in [0.2, 0.25) is 0 Å². The Balaban J connectivity index is 1.99. The third kappa shape index (κ3) is 3.30. The fourth-order valence-electron chi connectivity index (χ4n) is 2.45. The highest BCUT2D eigenvalue weighted by molar-refractivity contribution is 7.89. The molecule has 136 valence electrons. The highest BCUT2D eigenvalue weighted by atomic mass is 32.2. The fraction of sp³-hybridized carbons (Fsp3) is 0.158. The number of benzene rings is 2. The molecule has 1 aliphatic rings. The van der Waals surface area contributed by atoms with Crippen LogP contribution in [-0.2, 0) is 14.9 Å². The van der Waals surface area contributed by atoms with Crippen LogP contribution < -0.4 is 4.74 Å². The number of nitrogens with zero attached hydrogens (tertiary/aromatic N) is 1. The summed E-state index contributed by atoms with van der Waals surface area (Å²) in [5.74, 6) is 0.566. The summed E-state index contributed by atoms with van der Waals surface area (Å²) in [6.45, 7) is 3.45. The first kappa shape index (κ1) is 18.0. The summed E-state index contributed by atoms with van der Waals surface area (Å²) in [4.78, 5) is 5.64. The second-order valence-electron chi connectivity index (χ2n) is 5.78. The van der Waals surface area contributed by atoms with Crippen LogP contribution >= 0.6 is 0 Å². The normalized spacial score (nSPS) is 14.8. The summed E-state index contributed by atoms with van der Waals surface area (Å²) in [5, 5.41) is 0. The molecule has 0 N–H and O–H groups in total. The van der Waals surface area contributed by atoms with Gasteiger partial charge in [-0.3, -0.25) is 0 Å². The first-order chi connectivity index (χ1) is 12.3. The molecule has 5 nitrogen and oxygen atoms in total. The maximum Gasteiger partial charge on any atom is 0.294 e. The molecule has 0 saturated carbocycles. The minimum Gasteiger partial charge on any atom is -0.497 e. The summed E-state index contributed by atoms with van der Waals surface area (Å²) >= 11 is 0. The van der Waals surface area contributed by atoms with Gasteiger partial charge in [0.05, 0.1) is 17.7 Å². The van der Waals surface area contributed by atoms with Gasteiger partial charge in [-0.15, -0.1) is 0 Å². The number of hydroxylamine groups is 1. The van der Waals surface area contributed by atoms with Crippen LogP contribution in [0.1, 0.15) is 19.4 Å². The smallest absolute Gasteiger partial charge is 0.294 e. The molecule has 3 rings (SSSR count). The highest BCUT2D eigenvalue weighted by Gasteiger charge is 2.31. The van der Waals surface area contributed by atoms with Gasteiger partial charge in [0, 0.05) is 5.56 Å². The molecule has 2 aromatic rings. The van der Waals surface area contributed by atoms with Crippen molar-refractivity contribution in [2.45, 2.75) is 18.7 Å². The van der Waals surface area contributed by atoms with Gasteiger partial charge in [0.25, 0.3) is 10.0 Å². The molecule has 0 fully saturated rings. The van der Waals surface area contributed by atoms with Crippen molar-refractivity contribution in [2.24, 2.45) is 0 Å². The van der Waals surface area contributed by atoms with Crippen molar-refractivity contribution < 1.29 is 22.4 Å². The number of hydrogen-bond acceptors (Lipinski definition) is 4. The van der Waals surface area contributed by atoms with Crippen LogP contribution in [0.25, 0.3) is 5.76 Å². The zero-order valence-electron chi connectivity index (χ0n) is 14.6. The molecule has 0 amide bonds. The molecule has 0 spiro atoms. The molecule has 2 aromatic carbocycles. The number of methoxy groups -OCH3 is 1. The van der Waals surface area contributed by atoms with Crippen molar-refractivity contribution in [1.82, 2.24) is 4.47 Å². The molecule has 1 heterocycles. The third-order valence-electron chi connectivity index (χ3n) is 4.08. The van der Waals surface area contributed by atoms with E-state index in [9.17, 15) is 12.8 Å². The van der Waals surface area contributed by atoms with Gasteiger partial charge in [0.2, 0.25) is 0 Å². The maximum absolute atomic E-state index is 13.1. The zero-order valence-corrected chi connectivity index (χ0v) is 15.4. The van der Waals surface area contributed by atoms with Crippen LogP contribution in [0.4, 0.5) is 4.39 Å². The molecule has 0 aliphatic carbocycles. The molecular formula is C19H18FNO4S. The van der Waals surface area contributed by atoms with Gasteiger partial charge in [-0.1, -0.05) is 4.47 Å². The van der Waals surface area contributed by atoms with Crippen LogP contribution in [0, 0.1) is 5.82 Å². The Morgan fingerprint density at radius 1 is 1.00 bits per heavy atom. The molecule has 26 heavy (non-hydrogen) atoms. The molecule has 7 heteroatoms. The van der Waals surface area contributed by atoms with Crippen molar-refractivity contribution >= 4 is 15.8 Å². The average molecular weight is 375 g/mol. The van der Waals surface area contributed by atoms with E-state index < -0.39 is 15.8 Å². The molecule has 0 aromatic heterocycles. The van der Waals surface area contributed by atoms with Crippen molar-refractivity contribution in [3.63, 3.8) is 0 Å². The Morgan fingerprint density at radius 2 is 1.62 bits per heavy atom. The minimum atomic E-state index is -3.99. The lowest BCUT2D eigenvalue weighted by atomic mass is 10.1. The topological polar surface area (TPSA) is 55.8 Å². The van der Waals surface area contributed by atoms with E-state index in [0.717, 1.165) is 22.2 Å². The SMILES string of the molecule is COc1ccc(C2=CC(C)=C(C)N(S(=O)(=O)c3ccc(F)cc3)O2)cc1. The fourth-order valence-corrected chi connectivity index (χ4v) is 3.81. The predicted molar refractivity (Wildman–Crippen MR) is 95.9 cm³/mol. The number of ether oxygens (including phenoxy) is 1. The van der Waals surface area contributed by atoms with Gasteiger partial charge in [0.15, 0.2) is 5.76 Å². The lowest BCUT2D eigenvalue weighted by molar-refractivity contribution is 0.0332. The number of rotatable bonds is 4. The molecular weight excluding hydrogens is 357 g/mol. The Hall–Kier alpha value is -2.80. The average Bonchev–Trinajstić information content (AvgIpc) is 2.64. The second kappa shape index (κ2) is 6.84. The predicted octanol–water partition coefficient (Wildman–Crippen LogP) is 4.11. The van der Waals surface area contributed by atoms with E-state index >= 15 is 0 Å². The van der Waals surface area contributed by atoms with Crippen LogP contribution in [0.3, 0.4) is 0 Å². The van der Waals surface area contributed by atoms with E-state index in [1.807, 2.05) is 0 Å². The van der Waals surface area contributed by atoms with Gasteiger partial charge in [-0.2, -0.15) is 8.42 Å². The Bertz CT molecular complexity index is 977. The lowest BCUT2D eigenvalue weighted by Gasteiger charge is -2.29. The molecule has 0 atom stereocenters. The number of halogens is 1. The highest BCUT2D eigenvalue weighted by Crippen LogP contribution is 2.33. The van der Waals surface area contributed by atoms with E-state index in [-0.39, 0.29) is 4.90 Å². The maximum atomic E-state index is 13.1. The molecule has 0 radical (unpaired) electrons. The Morgan fingerprint density at radius 3 is 2.19 bits per heavy atom. The lowest BCUT2D eigenvalue weighted by Crippen LogP contribution is -2.31. The van der Waals surface area contributed by atoms with Crippen LogP contribution in [0.5, 0.6) is 5.75 Å². The van der Waals surface area contributed by atoms with Gasteiger partial charge in [-0.25, -0.2) is 4.39 Å². The molecule has 0 saturated heterocycles. The van der Waals surface area contributed by atoms with Crippen molar-refractivity contribution in [1.29, 1.82) is 0 Å². The van der Waals surface area contributed by atoms with E-state index in [2.05, 4.69) is 0 Å². The standard InChI is InChI=1S/C19H18FNO4S/c1-13-12-19(15-4-8-17(24-3)9-5-15)25-21(14(13)2)26(22,23)18-10-6-16(20)7-11-18/h4-12H,1-3H3.